The van der Waals surface area contributed by atoms with E-state index in [0.717, 1.165) is 17.3 Å². The van der Waals surface area contributed by atoms with Crippen LogP contribution in [0.3, 0.4) is 0 Å². The SMILES string of the molecule is C=CCNC(=O)NC(=O)CSc1nnc(-c2nn(Cc3ccccc3)c(=O)c3ccccc23)o1. The number of thioether (sulfide) groups is 1. The van der Waals surface area contributed by atoms with Gasteiger partial charge in [0.05, 0.1) is 17.7 Å². The van der Waals surface area contributed by atoms with Crippen LogP contribution < -0.4 is 16.2 Å². The van der Waals surface area contributed by atoms with Crippen LogP contribution in [0.5, 0.6) is 0 Å². The molecular formula is C23H20N6O4S. The van der Waals surface area contributed by atoms with E-state index in [1.807, 2.05) is 30.3 Å². The molecule has 3 amide bonds. The van der Waals surface area contributed by atoms with Crippen molar-refractivity contribution in [3.05, 3.63) is 83.2 Å². The van der Waals surface area contributed by atoms with Crippen LogP contribution in [-0.2, 0) is 11.3 Å². The molecule has 2 aromatic carbocycles. The Kier molecular flexibility index (Phi) is 7.13. The zero-order valence-electron chi connectivity index (χ0n) is 17.9. The van der Waals surface area contributed by atoms with Gasteiger partial charge in [0.25, 0.3) is 16.7 Å². The Balaban J connectivity index is 1.56. The van der Waals surface area contributed by atoms with Crippen molar-refractivity contribution in [1.82, 2.24) is 30.6 Å². The Morgan fingerprint density at radius 2 is 1.79 bits per heavy atom. The fourth-order valence-electron chi connectivity index (χ4n) is 3.12. The molecule has 0 aliphatic rings. The summed E-state index contributed by atoms with van der Waals surface area (Å²) in [5.74, 6) is -0.513. The van der Waals surface area contributed by atoms with Gasteiger partial charge in [-0.25, -0.2) is 9.48 Å². The molecule has 2 N–H and O–H groups in total. The third kappa shape index (κ3) is 5.38. The van der Waals surface area contributed by atoms with Crippen molar-refractivity contribution in [3.63, 3.8) is 0 Å². The Morgan fingerprint density at radius 3 is 2.56 bits per heavy atom. The first kappa shape index (κ1) is 22.9. The molecule has 4 aromatic rings. The summed E-state index contributed by atoms with van der Waals surface area (Å²) in [5, 5.41) is 18.3. The molecule has 0 aliphatic heterocycles. The largest absolute Gasteiger partial charge is 0.409 e. The summed E-state index contributed by atoms with van der Waals surface area (Å²) < 4.78 is 7.07. The average Bonchev–Trinajstić information content (AvgIpc) is 3.33. The van der Waals surface area contributed by atoms with E-state index in [4.69, 9.17) is 4.42 Å². The minimum Gasteiger partial charge on any atom is -0.409 e. The zero-order chi connectivity index (χ0) is 23.9. The summed E-state index contributed by atoms with van der Waals surface area (Å²) >= 11 is 0.976. The molecule has 10 nitrogen and oxygen atoms in total. The van der Waals surface area contributed by atoms with Gasteiger partial charge in [-0.3, -0.25) is 14.9 Å². The molecule has 4 rings (SSSR count). The van der Waals surface area contributed by atoms with E-state index < -0.39 is 11.9 Å². The van der Waals surface area contributed by atoms with Gasteiger partial charge in [0, 0.05) is 11.9 Å². The number of fused-ring (bicyclic) bond motifs is 1. The number of carbonyl (C=O) groups is 2. The fraction of sp³-hybridized carbons (Fsp3) is 0.130. The molecule has 0 unspecified atom stereocenters. The molecule has 0 bridgehead atoms. The number of hydrogen-bond acceptors (Lipinski definition) is 8. The first-order valence-corrected chi connectivity index (χ1v) is 11.2. The Bertz CT molecular complexity index is 1400. The summed E-state index contributed by atoms with van der Waals surface area (Å²) in [5.41, 5.74) is 1.05. The maximum Gasteiger partial charge on any atom is 0.321 e. The number of carbonyl (C=O) groups excluding carboxylic acids is 2. The number of amides is 3. The van der Waals surface area contributed by atoms with E-state index >= 15 is 0 Å². The van der Waals surface area contributed by atoms with Crippen LogP contribution in [0.25, 0.3) is 22.4 Å². The highest BCUT2D eigenvalue weighted by molar-refractivity contribution is 7.99. The number of imide groups is 1. The third-order valence-corrected chi connectivity index (χ3v) is 5.46. The third-order valence-electron chi connectivity index (χ3n) is 4.64. The van der Waals surface area contributed by atoms with Crippen molar-refractivity contribution in [3.8, 4) is 11.6 Å². The van der Waals surface area contributed by atoms with E-state index in [0.29, 0.717) is 16.5 Å². The first-order chi connectivity index (χ1) is 16.5. The lowest BCUT2D eigenvalue weighted by atomic mass is 10.1. The van der Waals surface area contributed by atoms with Crippen LogP contribution >= 0.6 is 11.8 Å². The smallest absolute Gasteiger partial charge is 0.321 e. The zero-order valence-corrected chi connectivity index (χ0v) is 18.7. The van der Waals surface area contributed by atoms with Gasteiger partial charge in [0.15, 0.2) is 5.69 Å². The highest BCUT2D eigenvalue weighted by Gasteiger charge is 2.18. The minimum absolute atomic E-state index is 0.106. The van der Waals surface area contributed by atoms with Crippen LogP contribution in [0.4, 0.5) is 4.79 Å². The lowest BCUT2D eigenvalue weighted by Gasteiger charge is -2.09. The van der Waals surface area contributed by atoms with Gasteiger partial charge in [-0.05, 0) is 11.6 Å². The molecule has 172 valence electrons. The van der Waals surface area contributed by atoms with Crippen molar-refractivity contribution in [2.24, 2.45) is 0 Å². The normalized spacial score (nSPS) is 10.7. The fourth-order valence-corrected chi connectivity index (χ4v) is 3.68. The van der Waals surface area contributed by atoms with Crippen LogP contribution in [0.1, 0.15) is 5.56 Å². The van der Waals surface area contributed by atoms with Crippen LogP contribution in [-0.4, -0.2) is 44.2 Å². The van der Waals surface area contributed by atoms with Crippen molar-refractivity contribution < 1.29 is 14.0 Å². The number of nitrogens with zero attached hydrogens (tertiary/aromatic N) is 4. The first-order valence-electron chi connectivity index (χ1n) is 10.2. The topological polar surface area (TPSA) is 132 Å². The number of benzene rings is 2. The summed E-state index contributed by atoms with van der Waals surface area (Å²) in [6.45, 7) is 4.00. The van der Waals surface area contributed by atoms with E-state index in [1.165, 1.54) is 10.8 Å². The summed E-state index contributed by atoms with van der Waals surface area (Å²) in [6.07, 6.45) is 1.50. The lowest BCUT2D eigenvalue weighted by Crippen LogP contribution is -2.40. The summed E-state index contributed by atoms with van der Waals surface area (Å²) in [4.78, 5) is 36.5. The van der Waals surface area contributed by atoms with Crippen LogP contribution in [0.15, 0.2) is 81.7 Å². The van der Waals surface area contributed by atoms with Gasteiger partial charge < -0.3 is 9.73 Å². The summed E-state index contributed by atoms with van der Waals surface area (Å²) in [7, 11) is 0. The number of rotatable bonds is 8. The van der Waals surface area contributed by atoms with Crippen LogP contribution in [0, 0.1) is 0 Å². The molecular weight excluding hydrogens is 456 g/mol. The number of aromatic nitrogens is 4. The van der Waals surface area contributed by atoms with E-state index in [-0.39, 0.29) is 35.5 Å². The van der Waals surface area contributed by atoms with Crippen LogP contribution in [0.2, 0.25) is 0 Å². The second kappa shape index (κ2) is 10.6. The second-order valence-electron chi connectivity index (χ2n) is 7.05. The van der Waals surface area contributed by atoms with Crippen molar-refractivity contribution in [2.45, 2.75) is 11.8 Å². The predicted molar refractivity (Wildman–Crippen MR) is 127 cm³/mol. The second-order valence-corrected chi connectivity index (χ2v) is 7.98. The van der Waals surface area contributed by atoms with Crippen molar-refractivity contribution >= 4 is 34.5 Å². The van der Waals surface area contributed by atoms with Gasteiger partial charge in [-0.2, -0.15) is 5.10 Å². The van der Waals surface area contributed by atoms with E-state index in [9.17, 15) is 14.4 Å². The standard InChI is InChI=1S/C23H20N6O4S/c1-2-12-24-22(32)25-18(30)14-34-23-27-26-20(33-23)19-16-10-6-7-11-17(16)21(31)29(28-19)13-15-8-4-3-5-9-15/h2-11H,1,12-14H2,(H2,24,25,30,32). The Labute approximate surface area is 198 Å². The molecule has 11 heteroatoms. The highest BCUT2D eigenvalue weighted by Crippen LogP contribution is 2.26. The molecule has 2 aromatic heterocycles. The molecule has 0 aliphatic carbocycles. The Morgan fingerprint density at radius 1 is 1.06 bits per heavy atom. The van der Waals surface area contributed by atoms with Gasteiger partial charge in [-0.15, -0.1) is 16.8 Å². The van der Waals surface area contributed by atoms with Crippen molar-refractivity contribution in [1.29, 1.82) is 0 Å². The molecule has 34 heavy (non-hydrogen) atoms. The molecule has 0 saturated heterocycles. The van der Waals surface area contributed by atoms with E-state index in [1.54, 1.807) is 24.3 Å². The molecule has 0 fully saturated rings. The minimum atomic E-state index is -0.618. The van der Waals surface area contributed by atoms with E-state index in [2.05, 4.69) is 32.5 Å². The number of nitrogens with one attached hydrogen (secondary N) is 2. The molecule has 0 atom stereocenters. The van der Waals surface area contributed by atoms with Crippen molar-refractivity contribution in [2.75, 3.05) is 12.3 Å². The lowest BCUT2D eigenvalue weighted by molar-refractivity contribution is -0.117. The maximum atomic E-state index is 13.0. The van der Waals surface area contributed by atoms with Gasteiger partial charge in [-0.1, -0.05) is 66.4 Å². The Hall–Kier alpha value is -4.25. The average molecular weight is 477 g/mol. The monoisotopic (exact) mass is 476 g/mol. The van der Waals surface area contributed by atoms with Gasteiger partial charge in [0.2, 0.25) is 5.91 Å². The highest BCUT2D eigenvalue weighted by atomic mass is 32.2. The quantitative estimate of drug-likeness (QED) is 0.293. The maximum absolute atomic E-state index is 13.0. The molecule has 2 heterocycles. The molecule has 0 radical (unpaired) electrons. The van der Waals surface area contributed by atoms with Gasteiger partial charge >= 0.3 is 6.03 Å². The summed E-state index contributed by atoms with van der Waals surface area (Å²) in [6, 6.07) is 15.9. The van der Waals surface area contributed by atoms with Gasteiger partial charge in [0.1, 0.15) is 0 Å². The molecule has 0 saturated carbocycles. The molecule has 0 spiro atoms. The predicted octanol–water partition coefficient (Wildman–Crippen LogP) is 2.60. The number of urea groups is 1. The number of hydrogen-bond donors (Lipinski definition) is 2.